The van der Waals surface area contributed by atoms with Crippen molar-refractivity contribution in [1.29, 1.82) is 0 Å². The van der Waals surface area contributed by atoms with Crippen LogP contribution in [0.4, 0.5) is 0 Å². The van der Waals surface area contributed by atoms with Gasteiger partial charge < -0.3 is 55.0 Å². The first-order valence-corrected chi connectivity index (χ1v) is 20.6. The van der Waals surface area contributed by atoms with Crippen molar-refractivity contribution < 1.29 is 38.6 Å². The quantitative estimate of drug-likeness (QED) is 0.0513. The first kappa shape index (κ1) is 42.6. The Morgan fingerprint density at radius 3 is 1.57 bits per heavy atom. The van der Waals surface area contributed by atoms with Gasteiger partial charge in [0.15, 0.2) is 61.7 Å². The smallest absolute Gasteiger partial charge is 0.192 e. The Balaban J connectivity index is 1.10. The van der Waals surface area contributed by atoms with Gasteiger partial charge in [0.25, 0.3) is 0 Å². The molecule has 5 aromatic carbocycles. The molecule has 0 spiro atoms. The Morgan fingerprint density at radius 1 is 0.534 bits per heavy atom. The molecule has 4 bridgehead atoms. The van der Waals surface area contributed by atoms with Crippen molar-refractivity contribution in [2.75, 3.05) is 53.4 Å². The van der Waals surface area contributed by atoms with Crippen LogP contribution in [-0.2, 0) is 28.9 Å². The van der Waals surface area contributed by atoms with E-state index in [2.05, 4.69) is 17.2 Å². The third kappa shape index (κ3) is 12.2. The van der Waals surface area contributed by atoms with Crippen LogP contribution >= 0.6 is 0 Å². The fourth-order valence-electron chi connectivity index (χ4n) is 7.25. The van der Waals surface area contributed by atoms with Crippen molar-refractivity contribution in [3.8, 4) is 34.5 Å². The van der Waals surface area contributed by atoms with Gasteiger partial charge in [-0.15, -0.1) is 0 Å². The van der Waals surface area contributed by atoms with E-state index in [1.54, 1.807) is 12.1 Å². The summed E-state index contributed by atoms with van der Waals surface area (Å²) in [5.74, 6) is 1.53. The van der Waals surface area contributed by atoms with Crippen molar-refractivity contribution in [2.24, 2.45) is 5.73 Å². The third-order valence-corrected chi connectivity index (χ3v) is 10.3. The van der Waals surface area contributed by atoms with E-state index in [9.17, 15) is 10.2 Å². The molecule has 0 atom stereocenters. The number of benzene rings is 5. The van der Waals surface area contributed by atoms with Crippen LogP contribution in [0, 0.1) is 0 Å². The molecule has 1 heterocycles. The van der Waals surface area contributed by atoms with Crippen LogP contribution in [0.2, 0.25) is 0 Å². The number of allylic oxidation sites excluding steroid dienone is 1. The van der Waals surface area contributed by atoms with E-state index in [4.69, 9.17) is 34.2 Å². The SMILES string of the molecule is C=C1Cc2c(O)c(cc3ccccc23)OCOCOc2ccc(CNCCCCCCNCCCCCCN)cc2OCOCOc2cc3ccccc3c(c2O)C1. The van der Waals surface area contributed by atoms with Crippen LogP contribution < -0.4 is 35.3 Å². The number of nitrogens with two attached hydrogens (primary N) is 1. The van der Waals surface area contributed by atoms with Gasteiger partial charge in [-0.3, -0.25) is 0 Å². The first-order chi connectivity index (χ1) is 28.5. The summed E-state index contributed by atoms with van der Waals surface area (Å²) >= 11 is 0. The summed E-state index contributed by atoms with van der Waals surface area (Å²) < 4.78 is 35.4. The molecule has 1 aliphatic heterocycles. The summed E-state index contributed by atoms with van der Waals surface area (Å²) in [5.41, 5.74) is 8.72. The van der Waals surface area contributed by atoms with Gasteiger partial charge in [-0.2, -0.15) is 0 Å². The molecule has 11 heteroatoms. The van der Waals surface area contributed by atoms with Crippen molar-refractivity contribution >= 4 is 21.5 Å². The summed E-state index contributed by atoms with van der Waals surface area (Å²) in [5, 5.41) is 33.7. The second-order valence-electron chi connectivity index (χ2n) is 14.7. The molecule has 310 valence electrons. The van der Waals surface area contributed by atoms with Crippen LogP contribution in [0.1, 0.15) is 68.1 Å². The number of unbranched alkanes of at least 4 members (excludes halogenated alkanes) is 6. The molecule has 11 nitrogen and oxygen atoms in total. The molecule has 0 fully saturated rings. The number of phenolic OH excluding ortho intramolecular Hbond substituents is 2. The first-order valence-electron chi connectivity index (χ1n) is 20.6. The number of fused-ring (bicyclic) bond motifs is 9. The number of ether oxygens (including phenoxy) is 6. The Bertz CT molecular complexity index is 2070. The lowest BCUT2D eigenvalue weighted by Gasteiger charge is -2.18. The third-order valence-electron chi connectivity index (χ3n) is 10.3. The molecule has 0 radical (unpaired) electrons. The summed E-state index contributed by atoms with van der Waals surface area (Å²) in [6.45, 7) is 8.34. The lowest BCUT2D eigenvalue weighted by atomic mass is 9.92. The molecule has 0 aromatic heterocycles. The van der Waals surface area contributed by atoms with Crippen LogP contribution in [0.5, 0.6) is 34.5 Å². The monoisotopic (exact) mass is 793 g/mol. The van der Waals surface area contributed by atoms with Crippen LogP contribution in [0.3, 0.4) is 0 Å². The Kier molecular flexibility index (Phi) is 16.7. The van der Waals surface area contributed by atoms with Gasteiger partial charge in [0.2, 0.25) is 0 Å². The van der Waals surface area contributed by atoms with E-state index in [0.29, 0.717) is 42.0 Å². The predicted molar refractivity (Wildman–Crippen MR) is 229 cm³/mol. The molecular weight excluding hydrogens is 735 g/mol. The molecule has 0 amide bonds. The fourth-order valence-corrected chi connectivity index (χ4v) is 7.25. The zero-order valence-corrected chi connectivity index (χ0v) is 33.6. The van der Waals surface area contributed by atoms with Crippen LogP contribution in [0.25, 0.3) is 21.5 Å². The number of aromatic hydroxyl groups is 2. The van der Waals surface area contributed by atoms with E-state index in [0.717, 1.165) is 71.7 Å². The predicted octanol–water partition coefficient (Wildman–Crippen LogP) is 8.60. The normalized spacial score (nSPS) is 14.1. The van der Waals surface area contributed by atoms with Crippen LogP contribution in [-0.4, -0.2) is 63.6 Å². The topological polar surface area (TPSA) is 146 Å². The van der Waals surface area contributed by atoms with E-state index < -0.39 is 0 Å². The standard InChI is InChI=1S/C47H59N3O8/c1-34-24-40-38-16-8-6-14-36(38)27-44(46(40)51)57-32-53-30-55-42-19-18-35(29-50-23-13-5-4-12-22-49-21-11-3-2-10-20-48)26-43(42)56-31-54-33-58-45-28-37-15-7-9-17-39(37)41(25-34)47(45)52/h6-9,14-19,26-28,49-52H,1-5,10-13,20-25,29-33,48H2. The molecule has 58 heavy (non-hydrogen) atoms. The minimum atomic E-state index is -0.165. The molecular formula is C47H59N3O8. The van der Waals surface area contributed by atoms with Gasteiger partial charge in [0.05, 0.1) is 0 Å². The van der Waals surface area contributed by atoms with Crippen molar-refractivity contribution in [3.63, 3.8) is 0 Å². The molecule has 0 aliphatic carbocycles. The van der Waals surface area contributed by atoms with Gasteiger partial charge in [-0.1, -0.05) is 92.4 Å². The lowest BCUT2D eigenvalue weighted by molar-refractivity contribution is -0.0640. The molecule has 6 rings (SSSR count). The fraction of sp³-hybridized carbons (Fsp3) is 0.404. The number of hydrogen-bond donors (Lipinski definition) is 5. The van der Waals surface area contributed by atoms with Crippen molar-refractivity contribution in [2.45, 2.75) is 70.8 Å². The summed E-state index contributed by atoms with van der Waals surface area (Å²) in [6.07, 6.45) is 10.2. The lowest BCUT2D eigenvalue weighted by Crippen LogP contribution is -2.17. The second kappa shape index (κ2) is 22.8. The van der Waals surface area contributed by atoms with Gasteiger partial charge >= 0.3 is 0 Å². The molecule has 5 aromatic rings. The Labute approximate surface area is 342 Å². The highest BCUT2D eigenvalue weighted by molar-refractivity contribution is 5.91. The molecule has 6 N–H and O–H groups in total. The molecule has 0 saturated carbocycles. The minimum Gasteiger partial charge on any atom is -0.504 e. The minimum absolute atomic E-state index is 0.00611. The Morgan fingerprint density at radius 2 is 1.02 bits per heavy atom. The molecule has 1 aliphatic rings. The molecule has 0 unspecified atom stereocenters. The maximum atomic E-state index is 11.5. The van der Waals surface area contributed by atoms with Gasteiger partial charge in [-0.05, 0) is 116 Å². The van der Waals surface area contributed by atoms with E-state index >= 15 is 0 Å². The Hall–Kier alpha value is -5.04. The highest BCUT2D eigenvalue weighted by Crippen LogP contribution is 2.41. The second-order valence-corrected chi connectivity index (χ2v) is 14.7. The zero-order chi connectivity index (χ0) is 40.4. The van der Waals surface area contributed by atoms with E-state index in [1.807, 2.05) is 66.7 Å². The largest absolute Gasteiger partial charge is 0.504 e. The number of hydrogen-bond acceptors (Lipinski definition) is 11. The molecule has 0 saturated heterocycles. The number of phenols is 2. The van der Waals surface area contributed by atoms with Crippen molar-refractivity contribution in [3.05, 3.63) is 108 Å². The van der Waals surface area contributed by atoms with E-state index in [-0.39, 0.29) is 50.2 Å². The highest BCUT2D eigenvalue weighted by Gasteiger charge is 2.19. The van der Waals surface area contributed by atoms with Crippen LogP contribution in [0.15, 0.2) is 91.0 Å². The van der Waals surface area contributed by atoms with Gasteiger partial charge in [0.1, 0.15) is 0 Å². The zero-order valence-electron chi connectivity index (χ0n) is 33.6. The van der Waals surface area contributed by atoms with Gasteiger partial charge in [0, 0.05) is 17.7 Å². The summed E-state index contributed by atoms with van der Waals surface area (Å²) in [7, 11) is 0. The van der Waals surface area contributed by atoms with Gasteiger partial charge in [-0.25, -0.2) is 0 Å². The average Bonchev–Trinajstić information content (AvgIpc) is 3.23. The maximum Gasteiger partial charge on any atom is 0.192 e. The number of nitrogens with one attached hydrogen (secondary N) is 2. The maximum absolute atomic E-state index is 11.5. The summed E-state index contributed by atoms with van der Waals surface area (Å²) in [6, 6.07) is 25.0. The summed E-state index contributed by atoms with van der Waals surface area (Å²) in [4.78, 5) is 0. The number of rotatable bonds is 15. The van der Waals surface area contributed by atoms with Crippen molar-refractivity contribution in [1.82, 2.24) is 10.6 Å². The highest BCUT2D eigenvalue weighted by atomic mass is 16.7. The average molecular weight is 794 g/mol. The van der Waals surface area contributed by atoms with E-state index in [1.165, 1.54) is 38.5 Å².